The highest BCUT2D eigenvalue weighted by Crippen LogP contribution is 2.34. The van der Waals surface area contributed by atoms with Crippen LogP contribution in [0.1, 0.15) is 23.8 Å². The zero-order valence-corrected chi connectivity index (χ0v) is 12.0. The Morgan fingerprint density at radius 1 is 1.33 bits per heavy atom. The summed E-state index contributed by atoms with van der Waals surface area (Å²) in [7, 11) is -3.55. The van der Waals surface area contributed by atoms with Gasteiger partial charge in [-0.05, 0) is 29.8 Å². The average Bonchev–Trinajstić information content (AvgIpc) is 3.07. The fourth-order valence-corrected chi connectivity index (χ4v) is 3.25. The van der Waals surface area contributed by atoms with E-state index in [4.69, 9.17) is 4.42 Å². The van der Waals surface area contributed by atoms with Gasteiger partial charge in [0, 0.05) is 6.42 Å². The van der Waals surface area contributed by atoms with Crippen molar-refractivity contribution in [3.8, 4) is 0 Å². The van der Waals surface area contributed by atoms with Crippen LogP contribution in [0.15, 0.2) is 52.2 Å². The summed E-state index contributed by atoms with van der Waals surface area (Å²) in [5.74, 6) is 0.106. The molecule has 0 saturated heterocycles. The second kappa shape index (κ2) is 5.00. The highest BCUT2D eigenvalue weighted by Gasteiger charge is 2.35. The molecule has 0 spiro atoms. The molecule has 2 aromatic rings. The molecule has 1 aliphatic rings. The van der Waals surface area contributed by atoms with Crippen LogP contribution in [0.4, 0.5) is 4.39 Å². The summed E-state index contributed by atoms with van der Waals surface area (Å²) < 4.78 is 43.5. The van der Waals surface area contributed by atoms with Gasteiger partial charge < -0.3 is 4.42 Å². The van der Waals surface area contributed by atoms with Gasteiger partial charge in [-0.2, -0.15) is 9.52 Å². The van der Waals surface area contributed by atoms with E-state index in [1.54, 1.807) is 24.3 Å². The maximum atomic E-state index is 13.4. The Morgan fingerprint density at radius 3 is 2.76 bits per heavy atom. The Morgan fingerprint density at radius 2 is 2.14 bits per heavy atom. The van der Waals surface area contributed by atoms with Crippen molar-refractivity contribution in [1.29, 1.82) is 0 Å². The van der Waals surface area contributed by atoms with Crippen LogP contribution < -0.4 is 0 Å². The first kappa shape index (κ1) is 13.8. The summed E-state index contributed by atoms with van der Waals surface area (Å²) >= 11 is 0. The molecule has 0 radical (unpaired) electrons. The zero-order valence-electron chi connectivity index (χ0n) is 11.2. The summed E-state index contributed by atoms with van der Waals surface area (Å²) in [5.41, 5.74) is 1.09. The largest absolute Gasteiger partial charge is 0.463 e. The smallest absolute Gasteiger partial charge is 0.247 e. The Bertz CT molecular complexity index is 784. The van der Waals surface area contributed by atoms with Crippen molar-refractivity contribution in [1.82, 2.24) is 4.41 Å². The fraction of sp³-hybridized carbons (Fsp3) is 0.214. The first-order valence-electron chi connectivity index (χ1n) is 6.31. The van der Waals surface area contributed by atoms with Crippen LogP contribution in [0.5, 0.6) is 0 Å². The molecule has 0 fully saturated rings. The SMILES string of the molecule is CS(=O)(=O)N1N=C(c2ccco2)C[C@H]1c1cccc(F)c1. The minimum Gasteiger partial charge on any atom is -0.463 e. The number of rotatable bonds is 3. The first-order chi connectivity index (χ1) is 9.95. The number of halogens is 1. The van der Waals surface area contributed by atoms with Gasteiger partial charge in [0.15, 0.2) is 0 Å². The number of hydrogen-bond acceptors (Lipinski definition) is 4. The van der Waals surface area contributed by atoms with Crippen molar-refractivity contribution in [3.05, 3.63) is 59.8 Å². The molecule has 1 atom stereocenters. The number of hydrogen-bond donors (Lipinski definition) is 0. The Kier molecular flexibility index (Phi) is 3.29. The topological polar surface area (TPSA) is 62.9 Å². The number of sulfonamides is 1. The molecule has 3 rings (SSSR count). The maximum absolute atomic E-state index is 13.4. The lowest BCUT2D eigenvalue weighted by Crippen LogP contribution is -2.26. The molecule has 1 aromatic carbocycles. The van der Waals surface area contributed by atoms with Crippen LogP contribution in [-0.2, 0) is 10.0 Å². The van der Waals surface area contributed by atoms with Crippen LogP contribution in [0.3, 0.4) is 0 Å². The Labute approximate surface area is 121 Å². The molecule has 0 bridgehead atoms. The minimum absolute atomic E-state index is 0.337. The standard InChI is InChI=1S/C14H13FN2O3S/c1-21(18,19)17-13(10-4-2-5-11(15)8-10)9-12(16-17)14-6-3-7-20-14/h2-8,13H,9H2,1H3/t13-/m0/s1. The monoisotopic (exact) mass is 308 g/mol. The molecule has 0 aliphatic carbocycles. The van der Waals surface area contributed by atoms with Gasteiger partial charge in [-0.3, -0.25) is 0 Å². The highest BCUT2D eigenvalue weighted by molar-refractivity contribution is 7.88. The van der Waals surface area contributed by atoms with E-state index in [0.29, 0.717) is 23.5 Å². The van der Waals surface area contributed by atoms with E-state index in [0.717, 1.165) is 10.7 Å². The molecule has 110 valence electrons. The molecule has 2 heterocycles. The van der Waals surface area contributed by atoms with Crippen LogP contribution in [0.25, 0.3) is 0 Å². The predicted molar refractivity (Wildman–Crippen MR) is 75.7 cm³/mol. The van der Waals surface area contributed by atoms with Gasteiger partial charge >= 0.3 is 0 Å². The van der Waals surface area contributed by atoms with Gasteiger partial charge in [0.2, 0.25) is 10.0 Å². The molecule has 7 heteroatoms. The van der Waals surface area contributed by atoms with Crippen LogP contribution in [-0.4, -0.2) is 24.8 Å². The van der Waals surface area contributed by atoms with E-state index >= 15 is 0 Å². The van der Waals surface area contributed by atoms with E-state index in [1.807, 2.05) is 0 Å². The molecule has 0 amide bonds. The third-order valence-corrected chi connectivity index (χ3v) is 4.27. The van der Waals surface area contributed by atoms with Gasteiger partial charge in [-0.25, -0.2) is 12.8 Å². The van der Waals surface area contributed by atoms with Crippen molar-refractivity contribution >= 4 is 15.7 Å². The first-order valence-corrected chi connectivity index (χ1v) is 8.16. The summed E-state index contributed by atoms with van der Waals surface area (Å²) in [6.45, 7) is 0. The van der Waals surface area contributed by atoms with E-state index in [1.165, 1.54) is 18.4 Å². The lowest BCUT2D eigenvalue weighted by atomic mass is 10.0. The minimum atomic E-state index is -3.55. The van der Waals surface area contributed by atoms with E-state index < -0.39 is 21.9 Å². The Balaban J connectivity index is 2.02. The summed E-state index contributed by atoms with van der Waals surface area (Å²) in [6, 6.07) is 8.74. The second-order valence-corrected chi connectivity index (χ2v) is 6.67. The van der Waals surface area contributed by atoms with Crippen molar-refractivity contribution in [3.63, 3.8) is 0 Å². The van der Waals surface area contributed by atoms with Crippen LogP contribution >= 0.6 is 0 Å². The average molecular weight is 308 g/mol. The zero-order chi connectivity index (χ0) is 15.0. The second-order valence-electron chi connectivity index (χ2n) is 4.83. The molecule has 0 saturated carbocycles. The quantitative estimate of drug-likeness (QED) is 0.875. The highest BCUT2D eigenvalue weighted by atomic mass is 32.2. The van der Waals surface area contributed by atoms with Crippen LogP contribution in [0.2, 0.25) is 0 Å². The molecule has 5 nitrogen and oxygen atoms in total. The molecule has 1 aromatic heterocycles. The van der Waals surface area contributed by atoms with Gasteiger partial charge in [0.1, 0.15) is 17.3 Å². The summed E-state index contributed by atoms with van der Waals surface area (Å²) in [6.07, 6.45) is 2.91. The van der Waals surface area contributed by atoms with Crippen LogP contribution in [0, 0.1) is 5.82 Å². The van der Waals surface area contributed by atoms with Gasteiger partial charge in [0.05, 0.1) is 18.6 Å². The van der Waals surface area contributed by atoms with Crippen molar-refractivity contribution in [2.24, 2.45) is 5.10 Å². The number of hydrazone groups is 1. The molecular weight excluding hydrogens is 295 g/mol. The van der Waals surface area contributed by atoms with Gasteiger partial charge in [-0.15, -0.1) is 0 Å². The third kappa shape index (κ3) is 2.69. The van der Waals surface area contributed by atoms with E-state index in [9.17, 15) is 12.8 Å². The normalized spacial score (nSPS) is 18.9. The third-order valence-electron chi connectivity index (χ3n) is 3.25. The molecule has 21 heavy (non-hydrogen) atoms. The number of benzene rings is 1. The van der Waals surface area contributed by atoms with Crippen molar-refractivity contribution in [2.45, 2.75) is 12.5 Å². The molecule has 0 N–H and O–H groups in total. The Hall–Kier alpha value is -2.15. The van der Waals surface area contributed by atoms with Crippen molar-refractivity contribution in [2.75, 3.05) is 6.26 Å². The fourth-order valence-electron chi connectivity index (χ4n) is 2.35. The van der Waals surface area contributed by atoms with E-state index in [-0.39, 0.29) is 0 Å². The molecular formula is C14H13FN2O3S. The van der Waals surface area contributed by atoms with E-state index in [2.05, 4.69) is 5.10 Å². The molecule has 0 unspecified atom stereocenters. The lowest BCUT2D eigenvalue weighted by Gasteiger charge is -2.21. The van der Waals surface area contributed by atoms with Crippen molar-refractivity contribution < 1.29 is 17.2 Å². The summed E-state index contributed by atoms with van der Waals surface area (Å²) in [4.78, 5) is 0. The van der Waals surface area contributed by atoms with Gasteiger partial charge in [0.25, 0.3) is 0 Å². The number of furan rings is 1. The molecule has 1 aliphatic heterocycles. The predicted octanol–water partition coefficient (Wildman–Crippen LogP) is 2.53. The summed E-state index contributed by atoms with van der Waals surface area (Å²) in [5, 5.41) is 4.14. The van der Waals surface area contributed by atoms with Gasteiger partial charge in [-0.1, -0.05) is 12.1 Å². The number of nitrogens with zero attached hydrogens (tertiary/aromatic N) is 2. The maximum Gasteiger partial charge on any atom is 0.247 e. The lowest BCUT2D eigenvalue weighted by molar-refractivity contribution is 0.373.